The van der Waals surface area contributed by atoms with Crippen LogP contribution in [0.25, 0.3) is 0 Å². The minimum absolute atomic E-state index is 0.121. The van der Waals surface area contributed by atoms with Gasteiger partial charge in [-0.05, 0) is 12.8 Å². The molecule has 4 nitrogen and oxygen atoms in total. The van der Waals surface area contributed by atoms with E-state index in [-0.39, 0.29) is 11.9 Å². The number of nitrogens with zero attached hydrogens (tertiary/aromatic N) is 2. The highest BCUT2D eigenvalue weighted by Gasteiger charge is 2.24. The molecule has 1 N–H and O–H groups in total. The Bertz CT molecular complexity index is 377. The highest BCUT2D eigenvalue weighted by Crippen LogP contribution is 2.22. The van der Waals surface area contributed by atoms with Crippen LogP contribution in [0.15, 0.2) is 24.2 Å². The van der Waals surface area contributed by atoms with Crippen molar-refractivity contribution in [3.8, 4) is 0 Å². The summed E-state index contributed by atoms with van der Waals surface area (Å²) in [7, 11) is 0. The minimum Gasteiger partial charge on any atom is -0.352 e. The van der Waals surface area contributed by atoms with Crippen LogP contribution in [0.2, 0.25) is 0 Å². The second-order valence-electron chi connectivity index (χ2n) is 4.14. The molecular formula is C12H17N3OS. The number of amides is 1. The first-order chi connectivity index (χ1) is 8.29. The molecule has 1 fully saturated rings. The van der Waals surface area contributed by atoms with Crippen molar-refractivity contribution in [2.75, 3.05) is 18.0 Å². The first kappa shape index (κ1) is 12.1. The summed E-state index contributed by atoms with van der Waals surface area (Å²) in [5, 5.41) is 6.08. The number of thiazole rings is 1. The van der Waals surface area contributed by atoms with E-state index in [9.17, 15) is 4.79 Å². The van der Waals surface area contributed by atoms with Crippen LogP contribution in [0, 0.1) is 0 Å². The molecule has 1 unspecified atom stereocenters. The van der Waals surface area contributed by atoms with Crippen LogP contribution in [0.4, 0.5) is 5.13 Å². The molecule has 17 heavy (non-hydrogen) atoms. The van der Waals surface area contributed by atoms with E-state index in [0.29, 0.717) is 6.42 Å². The maximum absolute atomic E-state index is 11.6. The Morgan fingerprint density at radius 3 is 3.35 bits per heavy atom. The van der Waals surface area contributed by atoms with Gasteiger partial charge in [0.15, 0.2) is 5.13 Å². The third kappa shape index (κ3) is 3.30. The summed E-state index contributed by atoms with van der Waals surface area (Å²) in [6.45, 7) is 5.46. The van der Waals surface area contributed by atoms with E-state index in [1.54, 1.807) is 17.4 Å². The van der Waals surface area contributed by atoms with Crippen molar-refractivity contribution in [1.82, 2.24) is 10.3 Å². The maximum atomic E-state index is 11.6. The average Bonchev–Trinajstić information content (AvgIpc) is 2.95. The Hall–Kier alpha value is -1.36. The van der Waals surface area contributed by atoms with Crippen molar-refractivity contribution in [2.45, 2.75) is 25.3 Å². The molecule has 0 bridgehead atoms. The smallest absolute Gasteiger partial charge is 0.220 e. The Morgan fingerprint density at radius 1 is 1.76 bits per heavy atom. The molecular weight excluding hydrogens is 234 g/mol. The number of allylic oxidation sites excluding steroid dienone is 1. The average molecular weight is 251 g/mol. The highest BCUT2D eigenvalue weighted by atomic mass is 32.1. The molecule has 2 rings (SSSR count). The topological polar surface area (TPSA) is 45.2 Å². The number of rotatable bonds is 5. The zero-order chi connectivity index (χ0) is 12.1. The van der Waals surface area contributed by atoms with Crippen LogP contribution < -0.4 is 10.2 Å². The Kier molecular flexibility index (Phi) is 4.14. The summed E-state index contributed by atoms with van der Waals surface area (Å²) < 4.78 is 0. The minimum atomic E-state index is 0.121. The molecule has 0 saturated carbocycles. The highest BCUT2D eigenvalue weighted by molar-refractivity contribution is 7.13. The van der Waals surface area contributed by atoms with E-state index >= 15 is 0 Å². The molecule has 1 amide bonds. The molecule has 0 radical (unpaired) electrons. The molecule has 5 heteroatoms. The standard InChI is InChI=1S/C12H17N3OS/c1-2-3-4-11(16)14-10-5-7-15(9-10)12-13-6-8-17-12/h2,6,8,10H,1,3-5,7,9H2,(H,14,16). The summed E-state index contributed by atoms with van der Waals surface area (Å²) in [4.78, 5) is 18.1. The number of hydrogen-bond donors (Lipinski definition) is 1. The Balaban J connectivity index is 1.78. The van der Waals surface area contributed by atoms with E-state index in [0.717, 1.165) is 31.1 Å². The van der Waals surface area contributed by atoms with Gasteiger partial charge >= 0.3 is 0 Å². The first-order valence-corrected chi connectivity index (χ1v) is 6.72. The monoisotopic (exact) mass is 251 g/mol. The van der Waals surface area contributed by atoms with Gasteiger partial charge in [0.25, 0.3) is 0 Å². The van der Waals surface area contributed by atoms with E-state index < -0.39 is 0 Å². The van der Waals surface area contributed by atoms with Crippen molar-refractivity contribution < 1.29 is 4.79 Å². The SMILES string of the molecule is C=CCCC(=O)NC1CCN(c2nccs2)C1. The van der Waals surface area contributed by atoms with E-state index in [1.807, 2.05) is 11.6 Å². The molecule has 1 aliphatic rings. The van der Waals surface area contributed by atoms with Gasteiger partial charge in [0, 0.05) is 37.1 Å². The van der Waals surface area contributed by atoms with Gasteiger partial charge in [-0.2, -0.15) is 0 Å². The van der Waals surface area contributed by atoms with Crippen molar-refractivity contribution in [1.29, 1.82) is 0 Å². The predicted molar refractivity (Wildman–Crippen MR) is 70.3 cm³/mol. The lowest BCUT2D eigenvalue weighted by molar-refractivity contribution is -0.121. The third-order valence-corrected chi connectivity index (χ3v) is 3.65. The molecule has 1 atom stereocenters. The number of carbonyl (C=O) groups excluding carboxylic acids is 1. The second-order valence-corrected chi connectivity index (χ2v) is 5.01. The second kappa shape index (κ2) is 5.82. The molecule has 1 aliphatic heterocycles. The number of hydrogen-bond acceptors (Lipinski definition) is 4. The van der Waals surface area contributed by atoms with Gasteiger partial charge in [0.2, 0.25) is 5.91 Å². The van der Waals surface area contributed by atoms with E-state index in [4.69, 9.17) is 0 Å². The Morgan fingerprint density at radius 2 is 2.65 bits per heavy atom. The van der Waals surface area contributed by atoms with Gasteiger partial charge < -0.3 is 10.2 Å². The van der Waals surface area contributed by atoms with Crippen molar-refractivity contribution in [2.24, 2.45) is 0 Å². The van der Waals surface area contributed by atoms with Gasteiger partial charge in [-0.25, -0.2) is 4.98 Å². The molecule has 2 heterocycles. The quantitative estimate of drug-likeness (QED) is 0.812. The van der Waals surface area contributed by atoms with Crippen LogP contribution in [-0.2, 0) is 4.79 Å². The summed E-state index contributed by atoms with van der Waals surface area (Å²) >= 11 is 1.64. The molecule has 0 spiro atoms. The fourth-order valence-electron chi connectivity index (χ4n) is 1.96. The third-order valence-electron chi connectivity index (χ3n) is 2.82. The zero-order valence-electron chi connectivity index (χ0n) is 9.76. The Labute approximate surface area is 105 Å². The van der Waals surface area contributed by atoms with Crippen LogP contribution in [0.5, 0.6) is 0 Å². The largest absolute Gasteiger partial charge is 0.352 e. The first-order valence-electron chi connectivity index (χ1n) is 5.84. The molecule has 1 aromatic heterocycles. The number of carbonyl (C=O) groups is 1. The lowest BCUT2D eigenvalue weighted by Crippen LogP contribution is -2.36. The van der Waals surface area contributed by atoms with Gasteiger partial charge in [-0.3, -0.25) is 4.79 Å². The van der Waals surface area contributed by atoms with Crippen LogP contribution in [-0.4, -0.2) is 30.0 Å². The summed E-state index contributed by atoms with van der Waals surface area (Å²) in [5.41, 5.74) is 0. The maximum Gasteiger partial charge on any atom is 0.220 e. The van der Waals surface area contributed by atoms with Crippen molar-refractivity contribution in [3.05, 3.63) is 24.2 Å². The van der Waals surface area contributed by atoms with Crippen molar-refractivity contribution in [3.63, 3.8) is 0 Å². The van der Waals surface area contributed by atoms with Crippen LogP contribution in [0.1, 0.15) is 19.3 Å². The van der Waals surface area contributed by atoms with Gasteiger partial charge in [0.1, 0.15) is 0 Å². The molecule has 1 aromatic rings. The fourth-order valence-corrected chi connectivity index (χ4v) is 2.64. The summed E-state index contributed by atoms with van der Waals surface area (Å²) in [6.07, 6.45) is 5.87. The normalized spacial score (nSPS) is 19.3. The molecule has 0 aliphatic carbocycles. The van der Waals surface area contributed by atoms with Crippen LogP contribution >= 0.6 is 11.3 Å². The van der Waals surface area contributed by atoms with Gasteiger partial charge in [0.05, 0.1) is 0 Å². The summed E-state index contributed by atoms with van der Waals surface area (Å²) in [5.74, 6) is 0.121. The van der Waals surface area contributed by atoms with E-state index in [1.165, 1.54) is 0 Å². The van der Waals surface area contributed by atoms with Crippen molar-refractivity contribution >= 4 is 22.4 Å². The zero-order valence-corrected chi connectivity index (χ0v) is 10.6. The molecule has 0 aromatic carbocycles. The molecule has 1 saturated heterocycles. The lowest BCUT2D eigenvalue weighted by Gasteiger charge is -2.15. The lowest BCUT2D eigenvalue weighted by atomic mass is 10.2. The van der Waals surface area contributed by atoms with Crippen LogP contribution in [0.3, 0.4) is 0 Å². The van der Waals surface area contributed by atoms with E-state index in [2.05, 4.69) is 21.8 Å². The predicted octanol–water partition coefficient (Wildman–Crippen LogP) is 1.80. The van der Waals surface area contributed by atoms with Gasteiger partial charge in [-0.15, -0.1) is 17.9 Å². The molecule has 92 valence electrons. The fraction of sp³-hybridized carbons (Fsp3) is 0.500. The van der Waals surface area contributed by atoms with Gasteiger partial charge in [-0.1, -0.05) is 6.08 Å². The number of aromatic nitrogens is 1. The number of nitrogens with one attached hydrogen (secondary N) is 1. The number of anilines is 1. The summed E-state index contributed by atoms with van der Waals surface area (Å²) in [6, 6.07) is 0.260.